The van der Waals surface area contributed by atoms with Crippen molar-refractivity contribution in [2.45, 2.75) is 12.3 Å². The summed E-state index contributed by atoms with van der Waals surface area (Å²) in [5.74, 6) is 0.167. The van der Waals surface area contributed by atoms with Gasteiger partial charge in [0.15, 0.2) is 0 Å². The standard InChI is InChI=1S/C20H19NO2/c22-20(18-12-14-23-15-18)21-13-11-19(16-7-3-1-4-8-16)17-9-5-2-6-10-17/h1-10,12,14-15,19H,11,13H2,(H,21,22). The number of furan rings is 1. The van der Waals surface area contributed by atoms with Gasteiger partial charge in [-0.2, -0.15) is 0 Å². The Balaban J connectivity index is 1.69. The van der Waals surface area contributed by atoms with Crippen LogP contribution in [0.1, 0.15) is 33.8 Å². The van der Waals surface area contributed by atoms with E-state index in [1.54, 1.807) is 6.07 Å². The highest BCUT2D eigenvalue weighted by Crippen LogP contribution is 2.27. The topological polar surface area (TPSA) is 42.2 Å². The molecule has 0 aliphatic heterocycles. The number of hydrogen-bond acceptors (Lipinski definition) is 2. The van der Waals surface area contributed by atoms with Gasteiger partial charge in [-0.1, -0.05) is 60.7 Å². The van der Waals surface area contributed by atoms with Gasteiger partial charge < -0.3 is 9.73 Å². The molecule has 0 atom stereocenters. The van der Waals surface area contributed by atoms with Gasteiger partial charge in [-0.3, -0.25) is 4.79 Å². The van der Waals surface area contributed by atoms with Crippen LogP contribution in [0.5, 0.6) is 0 Å². The maximum Gasteiger partial charge on any atom is 0.254 e. The lowest BCUT2D eigenvalue weighted by molar-refractivity contribution is 0.0952. The van der Waals surface area contributed by atoms with Crippen LogP contribution >= 0.6 is 0 Å². The number of carbonyl (C=O) groups excluding carboxylic acids is 1. The van der Waals surface area contributed by atoms with Crippen molar-refractivity contribution in [1.82, 2.24) is 5.32 Å². The van der Waals surface area contributed by atoms with Gasteiger partial charge in [-0.25, -0.2) is 0 Å². The average Bonchev–Trinajstić information content (AvgIpc) is 3.15. The quantitative estimate of drug-likeness (QED) is 0.740. The zero-order valence-corrected chi connectivity index (χ0v) is 12.8. The minimum Gasteiger partial charge on any atom is -0.472 e. The van der Waals surface area contributed by atoms with Gasteiger partial charge in [0.05, 0.1) is 11.8 Å². The number of rotatable bonds is 6. The van der Waals surface area contributed by atoms with Crippen molar-refractivity contribution in [1.29, 1.82) is 0 Å². The van der Waals surface area contributed by atoms with Gasteiger partial charge in [-0.05, 0) is 23.6 Å². The Kier molecular flexibility index (Phi) is 4.89. The first-order valence-electron chi connectivity index (χ1n) is 7.75. The van der Waals surface area contributed by atoms with E-state index in [4.69, 9.17) is 4.42 Å². The fourth-order valence-electron chi connectivity index (χ4n) is 2.72. The minimum atomic E-state index is -0.0985. The van der Waals surface area contributed by atoms with Gasteiger partial charge in [0.1, 0.15) is 6.26 Å². The lowest BCUT2D eigenvalue weighted by Crippen LogP contribution is -2.25. The second kappa shape index (κ2) is 7.45. The molecule has 1 aromatic heterocycles. The third kappa shape index (κ3) is 3.89. The molecule has 0 radical (unpaired) electrons. The Morgan fingerprint density at radius 3 is 2.04 bits per heavy atom. The summed E-state index contributed by atoms with van der Waals surface area (Å²) in [6.45, 7) is 0.610. The second-order valence-electron chi connectivity index (χ2n) is 5.43. The lowest BCUT2D eigenvalue weighted by atomic mass is 9.88. The van der Waals surface area contributed by atoms with E-state index >= 15 is 0 Å². The van der Waals surface area contributed by atoms with Crippen LogP contribution in [0.2, 0.25) is 0 Å². The van der Waals surface area contributed by atoms with Gasteiger partial charge in [0.25, 0.3) is 5.91 Å². The van der Waals surface area contributed by atoms with Crippen molar-refractivity contribution in [3.63, 3.8) is 0 Å². The summed E-state index contributed by atoms with van der Waals surface area (Å²) in [4.78, 5) is 12.0. The zero-order valence-electron chi connectivity index (χ0n) is 12.8. The van der Waals surface area contributed by atoms with Gasteiger partial charge in [0.2, 0.25) is 0 Å². The van der Waals surface area contributed by atoms with Crippen molar-refractivity contribution in [3.8, 4) is 0 Å². The Labute approximate surface area is 136 Å². The van der Waals surface area contributed by atoms with Crippen molar-refractivity contribution in [2.24, 2.45) is 0 Å². The van der Waals surface area contributed by atoms with E-state index in [-0.39, 0.29) is 11.8 Å². The van der Waals surface area contributed by atoms with Crippen molar-refractivity contribution in [2.75, 3.05) is 6.54 Å². The summed E-state index contributed by atoms with van der Waals surface area (Å²) in [5, 5.41) is 2.96. The number of amides is 1. The predicted octanol–water partition coefficient (Wildman–Crippen LogP) is 4.23. The van der Waals surface area contributed by atoms with Crippen LogP contribution in [0.15, 0.2) is 83.7 Å². The summed E-state index contributed by atoms with van der Waals surface area (Å²) < 4.78 is 4.94. The summed E-state index contributed by atoms with van der Waals surface area (Å²) in [5.41, 5.74) is 3.08. The molecule has 0 saturated carbocycles. The van der Waals surface area contributed by atoms with E-state index in [9.17, 15) is 4.79 Å². The van der Waals surface area contributed by atoms with Gasteiger partial charge in [0, 0.05) is 12.5 Å². The molecule has 0 fully saturated rings. The van der Waals surface area contributed by atoms with E-state index in [2.05, 4.69) is 53.8 Å². The van der Waals surface area contributed by atoms with Crippen molar-refractivity contribution < 1.29 is 9.21 Å². The molecule has 116 valence electrons. The fraction of sp³-hybridized carbons (Fsp3) is 0.150. The van der Waals surface area contributed by atoms with Crippen LogP contribution in [0.25, 0.3) is 0 Å². The molecule has 0 bridgehead atoms. The molecule has 1 N–H and O–H groups in total. The van der Waals surface area contributed by atoms with Crippen LogP contribution in [0, 0.1) is 0 Å². The fourth-order valence-corrected chi connectivity index (χ4v) is 2.72. The normalized spacial score (nSPS) is 10.7. The Morgan fingerprint density at radius 1 is 0.913 bits per heavy atom. The van der Waals surface area contributed by atoms with Gasteiger partial charge >= 0.3 is 0 Å². The van der Waals surface area contributed by atoms with E-state index in [1.165, 1.54) is 23.7 Å². The first-order chi connectivity index (χ1) is 11.3. The van der Waals surface area contributed by atoms with E-state index in [1.807, 2.05) is 12.1 Å². The highest BCUT2D eigenvalue weighted by atomic mass is 16.3. The molecule has 1 amide bonds. The maximum atomic E-state index is 12.0. The molecular weight excluding hydrogens is 286 g/mol. The van der Waals surface area contributed by atoms with Crippen LogP contribution in [-0.4, -0.2) is 12.5 Å². The Morgan fingerprint density at radius 2 is 1.52 bits per heavy atom. The lowest BCUT2D eigenvalue weighted by Gasteiger charge is -2.18. The molecule has 2 aromatic carbocycles. The summed E-state index contributed by atoms with van der Waals surface area (Å²) in [7, 11) is 0. The Hall–Kier alpha value is -2.81. The zero-order chi connectivity index (χ0) is 15.9. The molecule has 3 rings (SSSR count). The molecule has 3 aromatic rings. The molecule has 0 unspecified atom stereocenters. The number of benzene rings is 2. The molecule has 0 saturated heterocycles. The summed E-state index contributed by atoms with van der Waals surface area (Å²) in [6.07, 6.45) is 3.81. The molecule has 3 heteroatoms. The maximum absolute atomic E-state index is 12.0. The number of carbonyl (C=O) groups is 1. The molecule has 3 nitrogen and oxygen atoms in total. The van der Waals surface area contributed by atoms with E-state index in [0.717, 1.165) is 6.42 Å². The highest BCUT2D eigenvalue weighted by molar-refractivity contribution is 5.93. The Bertz CT molecular complexity index is 681. The first-order valence-corrected chi connectivity index (χ1v) is 7.75. The molecule has 0 aliphatic rings. The third-order valence-corrected chi connectivity index (χ3v) is 3.91. The third-order valence-electron chi connectivity index (χ3n) is 3.91. The van der Waals surface area contributed by atoms with E-state index in [0.29, 0.717) is 12.1 Å². The van der Waals surface area contributed by atoms with Crippen molar-refractivity contribution >= 4 is 5.91 Å². The molecule has 1 heterocycles. The largest absolute Gasteiger partial charge is 0.472 e. The van der Waals surface area contributed by atoms with E-state index < -0.39 is 0 Å². The molecular formula is C20H19NO2. The average molecular weight is 305 g/mol. The number of nitrogens with one attached hydrogen (secondary N) is 1. The summed E-state index contributed by atoms with van der Waals surface area (Å²) in [6, 6.07) is 22.4. The van der Waals surface area contributed by atoms with Crippen LogP contribution < -0.4 is 5.32 Å². The monoisotopic (exact) mass is 305 g/mol. The van der Waals surface area contributed by atoms with Crippen LogP contribution in [0.3, 0.4) is 0 Å². The first kappa shape index (κ1) is 15.1. The number of hydrogen-bond donors (Lipinski definition) is 1. The summed E-state index contributed by atoms with van der Waals surface area (Å²) >= 11 is 0. The molecule has 0 aliphatic carbocycles. The van der Waals surface area contributed by atoms with Gasteiger partial charge in [-0.15, -0.1) is 0 Å². The van der Waals surface area contributed by atoms with Crippen molar-refractivity contribution in [3.05, 3.63) is 95.9 Å². The minimum absolute atomic E-state index is 0.0985. The highest BCUT2D eigenvalue weighted by Gasteiger charge is 2.14. The smallest absolute Gasteiger partial charge is 0.254 e. The second-order valence-corrected chi connectivity index (χ2v) is 5.43. The predicted molar refractivity (Wildman–Crippen MR) is 90.4 cm³/mol. The molecule has 0 spiro atoms. The van der Waals surface area contributed by atoms with Crippen LogP contribution in [-0.2, 0) is 0 Å². The molecule has 23 heavy (non-hydrogen) atoms. The van der Waals surface area contributed by atoms with Crippen LogP contribution in [0.4, 0.5) is 0 Å². The SMILES string of the molecule is O=C(NCCC(c1ccccc1)c1ccccc1)c1ccoc1.